The minimum absolute atomic E-state index is 0.0154. The molecule has 0 aliphatic heterocycles. The maximum atomic E-state index is 12.3. The molecule has 1 aromatic carbocycles. The van der Waals surface area contributed by atoms with Crippen molar-refractivity contribution < 1.29 is 8.42 Å². The number of aromatic nitrogens is 2. The number of pyridine rings is 2. The predicted molar refractivity (Wildman–Crippen MR) is 92.9 cm³/mol. The Hall–Kier alpha value is -1.93. The Morgan fingerprint density at radius 3 is 2.67 bits per heavy atom. The molecule has 2 N–H and O–H groups in total. The molecule has 0 aliphatic rings. The molecule has 0 fully saturated rings. The van der Waals surface area contributed by atoms with E-state index in [2.05, 4.69) is 14.7 Å². The van der Waals surface area contributed by atoms with Crippen molar-refractivity contribution in [1.29, 1.82) is 0 Å². The van der Waals surface area contributed by atoms with Crippen LogP contribution in [-0.2, 0) is 16.6 Å². The topological polar surface area (TPSA) is 91.9 Å². The van der Waals surface area contributed by atoms with Gasteiger partial charge in [0.15, 0.2) is 0 Å². The van der Waals surface area contributed by atoms with Crippen LogP contribution in [0.2, 0.25) is 10.2 Å². The summed E-state index contributed by atoms with van der Waals surface area (Å²) in [7, 11) is -3.88. The lowest BCUT2D eigenvalue weighted by atomic mass is 10.1. The van der Waals surface area contributed by atoms with Crippen LogP contribution in [0.5, 0.6) is 0 Å². The molecule has 0 spiro atoms. The third-order valence-corrected chi connectivity index (χ3v) is 5.42. The summed E-state index contributed by atoms with van der Waals surface area (Å²) in [5, 5.41) is 0.854. The van der Waals surface area contributed by atoms with E-state index in [0.29, 0.717) is 11.1 Å². The van der Waals surface area contributed by atoms with Crippen LogP contribution >= 0.6 is 23.2 Å². The van der Waals surface area contributed by atoms with Crippen LogP contribution in [0.25, 0.3) is 10.9 Å². The molecule has 2 aromatic heterocycles. The predicted octanol–water partition coefficient (Wildman–Crippen LogP) is 2.71. The molecule has 0 bridgehead atoms. The van der Waals surface area contributed by atoms with Gasteiger partial charge in [-0.1, -0.05) is 41.4 Å². The molecule has 24 heavy (non-hydrogen) atoms. The first-order valence-electron chi connectivity index (χ1n) is 6.78. The highest BCUT2D eigenvalue weighted by Crippen LogP contribution is 2.22. The summed E-state index contributed by atoms with van der Waals surface area (Å²) in [4.78, 5) is 18.3. The normalized spacial score (nSPS) is 11.8. The van der Waals surface area contributed by atoms with E-state index in [0.717, 1.165) is 11.6 Å². The highest BCUT2D eigenvalue weighted by Gasteiger charge is 2.17. The lowest BCUT2D eigenvalue weighted by Crippen LogP contribution is -2.27. The monoisotopic (exact) mass is 383 g/mol. The fourth-order valence-corrected chi connectivity index (χ4v) is 3.44. The molecule has 6 nitrogen and oxygen atoms in total. The summed E-state index contributed by atoms with van der Waals surface area (Å²) in [6, 6.07) is 10.1. The molecule has 3 aromatic rings. The van der Waals surface area contributed by atoms with Crippen LogP contribution in [0, 0.1) is 0 Å². The zero-order valence-corrected chi connectivity index (χ0v) is 14.4. The van der Waals surface area contributed by atoms with Crippen LogP contribution in [0.4, 0.5) is 0 Å². The third kappa shape index (κ3) is 3.44. The molecule has 3 rings (SSSR count). The van der Waals surface area contributed by atoms with Crippen molar-refractivity contribution in [2.24, 2.45) is 0 Å². The van der Waals surface area contributed by atoms with Crippen molar-refractivity contribution in [3.05, 3.63) is 68.7 Å². The highest BCUT2D eigenvalue weighted by atomic mass is 35.5. The molecule has 0 amide bonds. The van der Waals surface area contributed by atoms with Gasteiger partial charge in [-0.25, -0.2) is 18.1 Å². The van der Waals surface area contributed by atoms with E-state index in [-0.39, 0.29) is 27.2 Å². The van der Waals surface area contributed by atoms with Crippen molar-refractivity contribution in [2.45, 2.75) is 11.4 Å². The molecule has 2 heterocycles. The first kappa shape index (κ1) is 16.9. The quantitative estimate of drug-likeness (QED) is 0.677. The summed E-state index contributed by atoms with van der Waals surface area (Å²) in [6.07, 6.45) is 1.10. The molecular weight excluding hydrogens is 373 g/mol. The lowest BCUT2D eigenvalue weighted by molar-refractivity contribution is 0.580. The van der Waals surface area contributed by atoms with Crippen molar-refractivity contribution >= 4 is 44.1 Å². The number of benzene rings is 1. The fourth-order valence-electron chi connectivity index (χ4n) is 2.13. The van der Waals surface area contributed by atoms with E-state index >= 15 is 0 Å². The van der Waals surface area contributed by atoms with Crippen molar-refractivity contribution in [2.75, 3.05) is 0 Å². The number of para-hydroxylation sites is 1. The second-order valence-corrected chi connectivity index (χ2v) is 7.51. The minimum atomic E-state index is -3.88. The molecule has 0 saturated heterocycles. The number of fused-ring (bicyclic) bond motifs is 1. The average Bonchev–Trinajstić information content (AvgIpc) is 2.55. The van der Waals surface area contributed by atoms with Gasteiger partial charge in [-0.15, -0.1) is 0 Å². The first-order chi connectivity index (χ1) is 11.4. The number of aromatic amines is 1. The molecular formula is C15H11Cl2N3O3S. The van der Waals surface area contributed by atoms with Gasteiger partial charge in [0, 0.05) is 23.8 Å². The van der Waals surface area contributed by atoms with Crippen molar-refractivity contribution in [3.63, 3.8) is 0 Å². The van der Waals surface area contributed by atoms with Gasteiger partial charge in [-0.3, -0.25) is 4.79 Å². The number of rotatable bonds is 4. The zero-order chi connectivity index (χ0) is 17.3. The number of H-pyrrole nitrogens is 1. The van der Waals surface area contributed by atoms with Gasteiger partial charge in [-0.2, -0.15) is 0 Å². The van der Waals surface area contributed by atoms with E-state index in [1.54, 1.807) is 18.2 Å². The smallest absolute Gasteiger partial charge is 0.252 e. The third-order valence-electron chi connectivity index (χ3n) is 3.36. The Morgan fingerprint density at radius 2 is 1.92 bits per heavy atom. The highest BCUT2D eigenvalue weighted by molar-refractivity contribution is 7.89. The summed E-state index contributed by atoms with van der Waals surface area (Å²) >= 11 is 11.5. The van der Waals surface area contributed by atoms with Crippen LogP contribution in [0.1, 0.15) is 5.56 Å². The van der Waals surface area contributed by atoms with E-state index in [1.165, 1.54) is 6.07 Å². The Labute approximate surface area is 147 Å². The summed E-state index contributed by atoms with van der Waals surface area (Å²) in [5.41, 5.74) is 0.622. The standard InChI is InChI=1S/C15H11Cl2N3O3S/c16-12-6-11(8-18-14(12)17)24(22,23)19-7-10-5-9-3-1-2-4-13(9)20-15(10)21/h1-6,8,19H,7H2,(H,20,21). The van der Waals surface area contributed by atoms with Gasteiger partial charge in [-0.05, 0) is 23.6 Å². The number of nitrogens with one attached hydrogen (secondary N) is 2. The van der Waals surface area contributed by atoms with Crippen LogP contribution in [0.3, 0.4) is 0 Å². The second kappa shape index (κ2) is 6.52. The number of nitrogens with zero attached hydrogens (tertiary/aromatic N) is 1. The molecule has 9 heteroatoms. The Morgan fingerprint density at radius 1 is 1.17 bits per heavy atom. The summed E-state index contributed by atoms with van der Waals surface area (Å²) in [6.45, 7) is -0.164. The summed E-state index contributed by atoms with van der Waals surface area (Å²) < 4.78 is 26.9. The van der Waals surface area contributed by atoms with E-state index < -0.39 is 10.0 Å². The Kier molecular flexibility index (Phi) is 4.60. The van der Waals surface area contributed by atoms with Gasteiger partial charge in [0.25, 0.3) is 5.56 Å². The largest absolute Gasteiger partial charge is 0.322 e. The van der Waals surface area contributed by atoms with Gasteiger partial charge < -0.3 is 4.98 Å². The Bertz CT molecular complexity index is 1080. The number of halogens is 2. The van der Waals surface area contributed by atoms with Crippen molar-refractivity contribution in [1.82, 2.24) is 14.7 Å². The summed E-state index contributed by atoms with van der Waals surface area (Å²) in [5.74, 6) is 0. The maximum absolute atomic E-state index is 12.3. The van der Waals surface area contributed by atoms with Gasteiger partial charge in [0.05, 0.1) is 5.02 Å². The maximum Gasteiger partial charge on any atom is 0.252 e. The first-order valence-corrected chi connectivity index (χ1v) is 9.02. The van der Waals surface area contributed by atoms with Gasteiger partial charge >= 0.3 is 0 Å². The molecule has 0 saturated carbocycles. The van der Waals surface area contributed by atoms with Gasteiger partial charge in [0.2, 0.25) is 10.0 Å². The van der Waals surface area contributed by atoms with Crippen LogP contribution in [0.15, 0.2) is 52.3 Å². The van der Waals surface area contributed by atoms with Crippen molar-refractivity contribution in [3.8, 4) is 0 Å². The fraction of sp³-hybridized carbons (Fsp3) is 0.0667. The average molecular weight is 384 g/mol. The second-order valence-electron chi connectivity index (χ2n) is 4.98. The van der Waals surface area contributed by atoms with Gasteiger partial charge in [0.1, 0.15) is 10.0 Å². The number of hydrogen-bond acceptors (Lipinski definition) is 4. The van der Waals surface area contributed by atoms with E-state index in [1.807, 2.05) is 12.1 Å². The molecule has 0 radical (unpaired) electrons. The van der Waals surface area contributed by atoms with E-state index in [4.69, 9.17) is 23.2 Å². The molecule has 124 valence electrons. The zero-order valence-electron chi connectivity index (χ0n) is 12.1. The number of hydrogen-bond donors (Lipinski definition) is 2. The molecule has 0 aliphatic carbocycles. The molecule has 0 atom stereocenters. The minimum Gasteiger partial charge on any atom is -0.322 e. The lowest BCUT2D eigenvalue weighted by Gasteiger charge is -2.08. The van der Waals surface area contributed by atoms with Crippen LogP contribution < -0.4 is 10.3 Å². The van der Waals surface area contributed by atoms with E-state index in [9.17, 15) is 13.2 Å². The molecule has 0 unspecified atom stereocenters. The number of sulfonamides is 1. The Balaban J connectivity index is 1.88. The SMILES string of the molecule is O=c1[nH]c2ccccc2cc1CNS(=O)(=O)c1cnc(Cl)c(Cl)c1. The van der Waals surface area contributed by atoms with Crippen LogP contribution in [-0.4, -0.2) is 18.4 Å².